The highest BCUT2D eigenvalue weighted by Gasteiger charge is 2.43. The highest BCUT2D eigenvalue weighted by molar-refractivity contribution is 6.35. The van der Waals surface area contributed by atoms with Gasteiger partial charge in [-0.1, -0.05) is 24.4 Å². The number of amides is 1. The van der Waals surface area contributed by atoms with Crippen LogP contribution in [-0.2, 0) is 4.74 Å². The van der Waals surface area contributed by atoms with Crippen molar-refractivity contribution in [2.24, 2.45) is 0 Å². The number of nitrogens with zero attached hydrogens (tertiary/aromatic N) is 1. The number of hydrogen-bond donors (Lipinski definition) is 3. The van der Waals surface area contributed by atoms with E-state index in [9.17, 15) is 4.79 Å². The van der Waals surface area contributed by atoms with Crippen molar-refractivity contribution in [3.05, 3.63) is 10.7 Å². The lowest BCUT2D eigenvalue weighted by Gasteiger charge is -2.21. The Morgan fingerprint density at radius 1 is 1.53 bits per heavy atom. The molecule has 3 rings (SSSR count). The van der Waals surface area contributed by atoms with Crippen LogP contribution in [0.15, 0.2) is 0 Å². The summed E-state index contributed by atoms with van der Waals surface area (Å²) in [5, 5.41) is 9.36. The summed E-state index contributed by atoms with van der Waals surface area (Å²) < 4.78 is 5.89. The maximum Gasteiger partial charge on any atom is 0.271 e. The maximum atomic E-state index is 12.1. The first-order chi connectivity index (χ1) is 9.10. The minimum absolute atomic E-state index is 0.00520. The van der Waals surface area contributed by atoms with E-state index in [-0.39, 0.29) is 34.1 Å². The lowest BCUT2D eigenvalue weighted by atomic mass is 9.96. The minimum atomic E-state index is -0.280. The van der Waals surface area contributed by atoms with Crippen LogP contribution in [0.4, 0.5) is 5.82 Å². The molecule has 0 radical (unpaired) electrons. The summed E-state index contributed by atoms with van der Waals surface area (Å²) in [6.45, 7) is 0.562. The molecule has 1 saturated carbocycles. The zero-order valence-electron chi connectivity index (χ0n) is 10.5. The van der Waals surface area contributed by atoms with Gasteiger partial charge in [0.1, 0.15) is 10.7 Å². The van der Waals surface area contributed by atoms with Gasteiger partial charge in [0, 0.05) is 0 Å². The average Bonchev–Trinajstić information content (AvgIpc) is 3.06. The smallest absolute Gasteiger partial charge is 0.271 e. The molecule has 19 heavy (non-hydrogen) atoms. The van der Waals surface area contributed by atoms with E-state index >= 15 is 0 Å². The average molecular weight is 285 g/mol. The first-order valence-corrected chi connectivity index (χ1v) is 6.92. The van der Waals surface area contributed by atoms with Crippen molar-refractivity contribution < 1.29 is 9.53 Å². The van der Waals surface area contributed by atoms with E-state index in [4.69, 9.17) is 22.1 Å². The fourth-order valence-electron chi connectivity index (χ4n) is 3.06. The Hall–Kier alpha value is -1.27. The number of carbonyl (C=O) groups is 1. The number of nitrogen functional groups attached to an aromatic ring is 1. The van der Waals surface area contributed by atoms with E-state index in [1.165, 1.54) is 12.8 Å². The Labute approximate surface area is 116 Å². The van der Waals surface area contributed by atoms with Crippen LogP contribution >= 0.6 is 11.6 Å². The first kappa shape index (κ1) is 12.7. The van der Waals surface area contributed by atoms with Gasteiger partial charge in [-0.2, -0.15) is 5.10 Å². The third kappa shape index (κ3) is 2.30. The second-order valence-corrected chi connectivity index (χ2v) is 5.75. The van der Waals surface area contributed by atoms with E-state index in [2.05, 4.69) is 15.5 Å². The van der Waals surface area contributed by atoms with Gasteiger partial charge in [0.25, 0.3) is 5.91 Å². The molecule has 2 aliphatic rings. The number of nitrogens with two attached hydrogens (primary N) is 1. The van der Waals surface area contributed by atoms with Crippen LogP contribution in [0.3, 0.4) is 0 Å². The molecule has 2 heterocycles. The Morgan fingerprint density at radius 2 is 2.26 bits per heavy atom. The second-order valence-electron chi connectivity index (χ2n) is 5.37. The zero-order chi connectivity index (χ0) is 13.5. The number of carbonyl (C=O) groups excluding carboxylic acids is 1. The van der Waals surface area contributed by atoms with Gasteiger partial charge in [-0.15, -0.1) is 0 Å². The summed E-state index contributed by atoms with van der Waals surface area (Å²) in [5.41, 5.74) is 5.71. The van der Waals surface area contributed by atoms with Crippen molar-refractivity contribution in [1.82, 2.24) is 15.5 Å². The second kappa shape index (κ2) is 4.68. The molecule has 4 N–H and O–H groups in total. The molecule has 1 aromatic heterocycles. The maximum absolute atomic E-state index is 12.1. The molecule has 7 heteroatoms. The monoisotopic (exact) mass is 284 g/mol. The largest absolute Gasteiger partial charge is 0.381 e. The first-order valence-electron chi connectivity index (χ1n) is 6.54. The molecule has 1 spiro atoms. The predicted octanol–water partition coefficient (Wildman–Crippen LogP) is 1.48. The number of nitrogens with one attached hydrogen (secondary N) is 2. The van der Waals surface area contributed by atoms with Crippen molar-refractivity contribution in [2.45, 2.75) is 43.7 Å². The normalized spacial score (nSPS) is 25.0. The van der Waals surface area contributed by atoms with Crippen LogP contribution in [0.1, 0.15) is 42.6 Å². The van der Waals surface area contributed by atoms with Crippen LogP contribution < -0.4 is 11.1 Å². The standard InChI is InChI=1S/C12H17ClN4O2/c13-8-9(16-17-10(8)14)11(18)15-7-5-12(19-6-7)3-1-2-4-12/h7H,1-6H2,(H,15,18)(H3,14,16,17)/t7-/m0/s1. The van der Waals surface area contributed by atoms with Gasteiger partial charge in [-0.05, 0) is 19.3 Å². The van der Waals surface area contributed by atoms with Gasteiger partial charge in [0.15, 0.2) is 5.82 Å². The van der Waals surface area contributed by atoms with Crippen molar-refractivity contribution in [3.63, 3.8) is 0 Å². The van der Waals surface area contributed by atoms with Crippen LogP contribution in [0, 0.1) is 0 Å². The SMILES string of the molecule is Nc1n[nH]c(C(=O)N[C@@H]2COC3(CCCC3)C2)c1Cl. The summed E-state index contributed by atoms with van der Waals surface area (Å²) in [6.07, 6.45) is 5.49. The molecule has 1 aromatic rings. The highest BCUT2D eigenvalue weighted by atomic mass is 35.5. The van der Waals surface area contributed by atoms with E-state index in [1.807, 2.05) is 0 Å². The van der Waals surface area contributed by atoms with E-state index < -0.39 is 0 Å². The number of rotatable bonds is 2. The minimum Gasteiger partial charge on any atom is -0.381 e. The molecule has 2 fully saturated rings. The zero-order valence-corrected chi connectivity index (χ0v) is 11.3. The lowest BCUT2D eigenvalue weighted by molar-refractivity contribution is 0.00987. The number of H-pyrrole nitrogens is 1. The number of anilines is 1. The van der Waals surface area contributed by atoms with Gasteiger partial charge in [0.05, 0.1) is 18.2 Å². The quantitative estimate of drug-likeness (QED) is 0.767. The Morgan fingerprint density at radius 3 is 2.89 bits per heavy atom. The predicted molar refractivity (Wildman–Crippen MR) is 71.0 cm³/mol. The third-order valence-corrected chi connectivity index (χ3v) is 4.40. The number of halogens is 1. The topological polar surface area (TPSA) is 93.0 Å². The van der Waals surface area contributed by atoms with Gasteiger partial charge < -0.3 is 15.8 Å². The fraction of sp³-hybridized carbons (Fsp3) is 0.667. The molecule has 1 aliphatic heterocycles. The molecule has 104 valence electrons. The summed E-state index contributed by atoms with van der Waals surface area (Å²) in [4.78, 5) is 12.1. The molecule has 1 saturated heterocycles. The summed E-state index contributed by atoms with van der Waals surface area (Å²) in [7, 11) is 0. The third-order valence-electron chi connectivity index (χ3n) is 4.02. The molecule has 0 bridgehead atoms. The fourth-order valence-corrected chi connectivity index (χ4v) is 3.23. The van der Waals surface area contributed by atoms with Gasteiger partial charge in [0.2, 0.25) is 0 Å². The van der Waals surface area contributed by atoms with Gasteiger partial charge >= 0.3 is 0 Å². The Bertz CT molecular complexity index is 496. The Balaban J connectivity index is 1.63. The molecule has 1 amide bonds. The van der Waals surface area contributed by atoms with E-state index in [0.717, 1.165) is 19.3 Å². The lowest BCUT2D eigenvalue weighted by Crippen LogP contribution is -2.36. The van der Waals surface area contributed by atoms with Gasteiger partial charge in [-0.25, -0.2) is 0 Å². The highest BCUT2D eigenvalue weighted by Crippen LogP contribution is 2.40. The molecule has 0 aromatic carbocycles. The molecule has 6 nitrogen and oxygen atoms in total. The summed E-state index contributed by atoms with van der Waals surface area (Å²) in [5.74, 6) is -0.139. The van der Waals surface area contributed by atoms with Crippen molar-refractivity contribution >= 4 is 23.3 Å². The summed E-state index contributed by atoms with van der Waals surface area (Å²) >= 11 is 5.90. The summed E-state index contributed by atoms with van der Waals surface area (Å²) in [6, 6.07) is 0.0335. The number of aromatic amines is 1. The number of hydrogen-bond acceptors (Lipinski definition) is 4. The van der Waals surface area contributed by atoms with E-state index in [1.54, 1.807) is 0 Å². The molecule has 0 unspecified atom stereocenters. The van der Waals surface area contributed by atoms with Crippen LogP contribution in [-0.4, -0.2) is 34.4 Å². The molecule has 1 atom stereocenters. The van der Waals surface area contributed by atoms with Gasteiger partial charge in [-0.3, -0.25) is 9.89 Å². The Kier molecular flexibility index (Phi) is 3.14. The number of ether oxygens (including phenoxy) is 1. The van der Waals surface area contributed by atoms with Crippen molar-refractivity contribution in [2.75, 3.05) is 12.3 Å². The van der Waals surface area contributed by atoms with Crippen LogP contribution in [0.5, 0.6) is 0 Å². The van der Waals surface area contributed by atoms with Crippen molar-refractivity contribution in [1.29, 1.82) is 0 Å². The number of aromatic nitrogens is 2. The van der Waals surface area contributed by atoms with Crippen LogP contribution in [0.25, 0.3) is 0 Å². The van der Waals surface area contributed by atoms with Crippen molar-refractivity contribution in [3.8, 4) is 0 Å². The molecule has 1 aliphatic carbocycles. The molecular weight excluding hydrogens is 268 g/mol. The van der Waals surface area contributed by atoms with Crippen LogP contribution in [0.2, 0.25) is 5.02 Å². The van der Waals surface area contributed by atoms with E-state index in [0.29, 0.717) is 6.61 Å². The molecular formula is C12H17ClN4O2.